The molecule has 5 N–H and O–H groups in total. The van der Waals surface area contributed by atoms with Crippen LogP contribution in [0.15, 0.2) is 60.7 Å². The minimum atomic E-state index is -1.98. The Kier molecular flexibility index (Phi) is 22.0. The van der Waals surface area contributed by atoms with Crippen LogP contribution in [0.4, 0.5) is 0 Å². The van der Waals surface area contributed by atoms with Crippen LogP contribution in [0.5, 0.6) is 0 Å². The zero-order valence-corrected chi connectivity index (χ0v) is 47.7. The van der Waals surface area contributed by atoms with Gasteiger partial charge in [0.2, 0.25) is 5.91 Å². The molecule has 1 unspecified atom stereocenters. The fraction of sp³-hybridized carbons (Fsp3) is 0.759. The molecule has 0 bridgehead atoms. The predicted molar refractivity (Wildman–Crippen MR) is 289 cm³/mol. The first kappa shape index (κ1) is 61.3. The van der Waals surface area contributed by atoms with Crippen molar-refractivity contribution in [3.63, 3.8) is 0 Å². The summed E-state index contributed by atoms with van der Waals surface area (Å²) >= 11 is 0. The number of esters is 1. The van der Waals surface area contributed by atoms with Gasteiger partial charge in [-0.3, -0.25) is 9.59 Å². The molecule has 0 saturated carbocycles. The maximum absolute atomic E-state index is 14.8. The molecule has 1 amide bonds. The van der Waals surface area contributed by atoms with Gasteiger partial charge >= 0.3 is 5.97 Å². The molecule has 0 radical (unpaired) electrons. The minimum absolute atomic E-state index is 0.105. The van der Waals surface area contributed by atoms with Crippen molar-refractivity contribution in [2.24, 2.45) is 23.7 Å². The Morgan fingerprint density at radius 2 is 1.41 bits per heavy atom. The third-order valence-electron chi connectivity index (χ3n) is 17.2. The van der Waals surface area contributed by atoms with Crippen LogP contribution < -0.4 is 10.6 Å². The van der Waals surface area contributed by atoms with Crippen molar-refractivity contribution in [3.05, 3.63) is 60.7 Å². The lowest BCUT2D eigenvalue weighted by atomic mass is 9.68. The van der Waals surface area contributed by atoms with Crippen molar-refractivity contribution in [3.8, 4) is 0 Å². The van der Waals surface area contributed by atoms with Crippen molar-refractivity contribution in [2.75, 3.05) is 40.6 Å². The molecule has 3 heterocycles. The molecule has 3 fully saturated rings. The molecule has 0 spiro atoms. The van der Waals surface area contributed by atoms with Crippen molar-refractivity contribution in [1.29, 1.82) is 0 Å². The summed E-state index contributed by atoms with van der Waals surface area (Å²) in [5, 5.41) is 63.5. The average molecular weight is 1040 g/mol. The van der Waals surface area contributed by atoms with E-state index in [0.29, 0.717) is 12.8 Å². The lowest BCUT2D eigenvalue weighted by Crippen LogP contribution is -2.61. The van der Waals surface area contributed by atoms with Gasteiger partial charge in [-0.15, -0.1) is 0 Å². The smallest absolute Gasteiger partial charge is 0.309 e. The van der Waals surface area contributed by atoms with E-state index in [-0.39, 0.29) is 56.2 Å². The molecule has 0 aliphatic carbocycles. The number of hydrogen-bond donors (Lipinski definition) is 5. The van der Waals surface area contributed by atoms with Crippen LogP contribution in [0, 0.1) is 23.7 Å². The van der Waals surface area contributed by atoms with E-state index >= 15 is 0 Å². The summed E-state index contributed by atoms with van der Waals surface area (Å²) in [7, 11) is 3.73. The van der Waals surface area contributed by atoms with Gasteiger partial charge in [0.1, 0.15) is 30.0 Å². The van der Waals surface area contributed by atoms with Crippen molar-refractivity contribution < 1.29 is 58.8 Å². The molecule has 3 aliphatic heterocycles. The first-order chi connectivity index (χ1) is 34.2. The van der Waals surface area contributed by atoms with Crippen LogP contribution in [0.3, 0.4) is 0 Å². The molecule has 15 heteroatoms. The van der Waals surface area contributed by atoms with Crippen LogP contribution in [0.25, 0.3) is 0 Å². The van der Waals surface area contributed by atoms with Crippen LogP contribution in [-0.2, 0) is 33.3 Å². The second-order valence-electron chi connectivity index (χ2n) is 23.5. The van der Waals surface area contributed by atoms with Gasteiger partial charge in [0.05, 0.1) is 78.3 Å². The number of benzene rings is 2. The molecular formula is C58H96N2O12P+. The van der Waals surface area contributed by atoms with E-state index in [9.17, 15) is 35.1 Å². The van der Waals surface area contributed by atoms with Gasteiger partial charge in [0, 0.05) is 38.5 Å². The highest BCUT2D eigenvalue weighted by Crippen LogP contribution is 2.53. The maximum atomic E-state index is 14.8. The summed E-state index contributed by atoms with van der Waals surface area (Å²) in [5.41, 5.74) is -4.72. The van der Waals surface area contributed by atoms with E-state index < -0.39 is 103 Å². The first-order valence-corrected chi connectivity index (χ1v) is 29.8. The standard InChI is InChI=1S/C58H96N2O12P/c1-15-47-58(10,67)51(63)41(6)60(48(61)31-25-17-16-18-26-32-73(14,43-27-21-19-22-28-43)44-29-23-20-24-30-44)36-37(2)34-56(8,66)53(72-55-50(62)45(59(11)12)33-38(3)69-55)39(4)49(40(5)54(65)71-47)46-35-57(9,68-13)52(64)42(7)70-46/h19-24,27-30,37-42,45-47,49-53,55,62-64,66-67H,15-18,25-26,31-36H2,1-14H3/q+1/t37-,38-,39+,40-,41-,42+,45+,46?,47-,49+,50-,51-,52+,53-,55+,56-,57-,58-/m1/s1. The van der Waals surface area contributed by atoms with E-state index in [0.717, 1.165) is 31.8 Å². The molecular weight excluding hydrogens is 948 g/mol. The zero-order chi connectivity index (χ0) is 54.2. The number of ether oxygens (including phenoxy) is 5. The van der Waals surface area contributed by atoms with Gasteiger partial charge in [-0.25, -0.2) is 0 Å². The van der Waals surface area contributed by atoms with Crippen LogP contribution in [-0.4, -0.2) is 172 Å². The number of unbranched alkanes of at least 4 members (excludes halogenated alkanes) is 4. The van der Waals surface area contributed by atoms with E-state index in [2.05, 4.69) is 67.3 Å². The van der Waals surface area contributed by atoms with E-state index in [1.807, 2.05) is 39.8 Å². The largest absolute Gasteiger partial charge is 0.459 e. The number of carbonyl (C=O) groups is 2. The third kappa shape index (κ3) is 14.5. The highest BCUT2D eigenvalue weighted by atomic mass is 31.2. The molecule has 2 aromatic carbocycles. The van der Waals surface area contributed by atoms with E-state index in [4.69, 9.17) is 23.7 Å². The van der Waals surface area contributed by atoms with Crippen molar-refractivity contribution >= 4 is 29.7 Å². The number of amides is 1. The Morgan fingerprint density at radius 1 is 0.836 bits per heavy atom. The summed E-state index contributed by atoms with van der Waals surface area (Å²) in [6, 6.07) is 20.4. The Hall–Kier alpha value is -2.59. The highest BCUT2D eigenvalue weighted by Gasteiger charge is 2.55. The monoisotopic (exact) mass is 1040 g/mol. The number of likely N-dealkylation sites (N-methyl/N-ethyl adjacent to an activating group) is 1. The first-order valence-electron chi connectivity index (χ1n) is 27.4. The number of aliphatic hydroxyl groups excluding tert-OH is 3. The normalized spacial score (nSPS) is 38.6. The summed E-state index contributed by atoms with van der Waals surface area (Å²) in [4.78, 5) is 32.9. The quantitative estimate of drug-likeness (QED) is 0.0679. The van der Waals surface area contributed by atoms with Gasteiger partial charge in [-0.1, -0.05) is 76.9 Å². The summed E-state index contributed by atoms with van der Waals surface area (Å²) in [6.07, 6.45) is -1.86. The second-order valence-corrected chi connectivity index (χ2v) is 27.3. The fourth-order valence-corrected chi connectivity index (χ4v) is 16.0. The molecule has 0 aromatic heterocycles. The molecule has 414 valence electrons. The van der Waals surface area contributed by atoms with Gasteiger partial charge in [-0.05, 0) is 130 Å². The average Bonchev–Trinajstić information content (AvgIpc) is 3.35. The lowest BCUT2D eigenvalue weighted by Gasteiger charge is -2.51. The number of methoxy groups -OCH3 is 1. The summed E-state index contributed by atoms with van der Waals surface area (Å²) in [6.45, 7) is 20.2. The van der Waals surface area contributed by atoms with E-state index in [1.54, 1.807) is 46.4 Å². The van der Waals surface area contributed by atoms with Crippen molar-refractivity contribution in [2.45, 2.75) is 217 Å². The molecule has 5 rings (SSSR count). The number of carbonyl (C=O) groups excluding carboxylic acids is 2. The zero-order valence-electron chi connectivity index (χ0n) is 46.9. The molecule has 18 atom stereocenters. The van der Waals surface area contributed by atoms with E-state index in [1.165, 1.54) is 24.6 Å². The third-order valence-corrected chi connectivity index (χ3v) is 21.3. The fourth-order valence-electron chi connectivity index (χ4n) is 12.7. The van der Waals surface area contributed by atoms with Gasteiger partial charge in [0.15, 0.2) is 6.29 Å². The van der Waals surface area contributed by atoms with Gasteiger partial charge in [-0.2, -0.15) is 0 Å². The Bertz CT molecular complexity index is 1970. The Morgan fingerprint density at radius 3 is 1.97 bits per heavy atom. The van der Waals surface area contributed by atoms with Gasteiger partial charge < -0.3 is 59.0 Å². The number of cyclic esters (lactones) is 1. The minimum Gasteiger partial charge on any atom is -0.459 e. The Balaban J connectivity index is 1.44. The SMILES string of the molecule is CC[C@H]1OC(=O)[C@H](C)[C@@H](C2C[C@@](C)(OC)[C@@H](O)[C@H](C)O2)[C@H](C)[C@@H](O[C@@H]2O[C@H](C)C[C@H](N(C)C)[C@H]2O)[C@](C)(O)C[C@@H](C)CN(C(=O)CCCCCCC[P+](C)(c2ccccc2)c2ccccc2)[C@H](C)[C@@H](O)[C@]1(C)O. The molecule has 14 nitrogen and oxygen atoms in total. The van der Waals surface area contributed by atoms with Crippen LogP contribution >= 0.6 is 7.26 Å². The highest BCUT2D eigenvalue weighted by molar-refractivity contribution is 7.88. The lowest BCUT2D eigenvalue weighted by molar-refractivity contribution is -0.302. The number of aliphatic hydroxyl groups is 5. The van der Waals surface area contributed by atoms with Gasteiger partial charge in [0.25, 0.3) is 0 Å². The summed E-state index contributed by atoms with van der Waals surface area (Å²) in [5.74, 6) is -3.63. The maximum Gasteiger partial charge on any atom is 0.309 e. The number of hydrogen-bond acceptors (Lipinski definition) is 13. The molecule has 2 aromatic rings. The molecule has 73 heavy (non-hydrogen) atoms. The summed E-state index contributed by atoms with van der Waals surface area (Å²) < 4.78 is 32.1. The Labute approximate surface area is 439 Å². The predicted octanol–water partition coefficient (Wildman–Crippen LogP) is 6.71. The molecule has 3 aliphatic rings. The topological polar surface area (TPSA) is 188 Å². The van der Waals surface area contributed by atoms with Crippen LogP contribution in [0.2, 0.25) is 0 Å². The molecule has 3 saturated heterocycles. The number of nitrogens with zero attached hydrogens (tertiary/aromatic N) is 2. The number of rotatable bonds is 16. The van der Waals surface area contributed by atoms with Crippen molar-refractivity contribution in [1.82, 2.24) is 9.80 Å². The second kappa shape index (κ2) is 26.2. The van der Waals surface area contributed by atoms with Crippen LogP contribution in [0.1, 0.15) is 133 Å².